The summed E-state index contributed by atoms with van der Waals surface area (Å²) in [7, 11) is 1.70. The third kappa shape index (κ3) is 6.30. The third-order valence-electron chi connectivity index (χ3n) is 2.28. The molecule has 0 aromatic carbocycles. The van der Waals surface area contributed by atoms with Gasteiger partial charge in [0.1, 0.15) is 0 Å². The van der Waals surface area contributed by atoms with Gasteiger partial charge < -0.3 is 15.0 Å². The van der Waals surface area contributed by atoms with Gasteiger partial charge in [-0.1, -0.05) is 19.0 Å². The summed E-state index contributed by atoms with van der Waals surface area (Å²) < 4.78 is 10.1. The standard InChI is InChI=1S/C11H22N4O2.ClH/c1-9(2)7-15(4-5-16-3)8-10-13-11(6-12)17-14-10;/h9H,4-8,12H2,1-3H3;1H. The van der Waals surface area contributed by atoms with Crippen molar-refractivity contribution in [3.63, 3.8) is 0 Å². The zero-order valence-corrected chi connectivity index (χ0v) is 12.1. The Morgan fingerprint density at radius 2 is 2.17 bits per heavy atom. The molecule has 0 aliphatic heterocycles. The summed E-state index contributed by atoms with van der Waals surface area (Å²) in [6.45, 7) is 7.87. The molecule has 0 saturated heterocycles. The molecule has 106 valence electrons. The number of nitrogens with zero attached hydrogens (tertiary/aromatic N) is 3. The highest BCUT2D eigenvalue weighted by molar-refractivity contribution is 5.85. The molecule has 1 heterocycles. The van der Waals surface area contributed by atoms with Gasteiger partial charge in [0.05, 0.1) is 19.7 Å². The number of methoxy groups -OCH3 is 1. The van der Waals surface area contributed by atoms with Gasteiger partial charge >= 0.3 is 0 Å². The fourth-order valence-electron chi connectivity index (χ4n) is 1.61. The lowest BCUT2D eigenvalue weighted by Crippen LogP contribution is -2.31. The minimum atomic E-state index is 0. The Bertz CT molecular complexity index is 320. The second-order valence-electron chi connectivity index (χ2n) is 4.43. The average molecular weight is 279 g/mol. The van der Waals surface area contributed by atoms with Crippen LogP contribution in [0.4, 0.5) is 0 Å². The summed E-state index contributed by atoms with van der Waals surface area (Å²) >= 11 is 0. The number of rotatable bonds is 8. The number of hydrogen-bond acceptors (Lipinski definition) is 6. The van der Waals surface area contributed by atoms with Crippen molar-refractivity contribution in [1.29, 1.82) is 0 Å². The van der Waals surface area contributed by atoms with Crippen LogP contribution in [0.25, 0.3) is 0 Å². The molecular formula is C11H23ClN4O2. The molecule has 1 aromatic rings. The molecule has 6 nitrogen and oxygen atoms in total. The SMILES string of the molecule is COCCN(Cc1noc(CN)n1)CC(C)C.Cl. The molecule has 0 aliphatic carbocycles. The van der Waals surface area contributed by atoms with Gasteiger partial charge in [0.2, 0.25) is 5.89 Å². The van der Waals surface area contributed by atoms with Crippen molar-refractivity contribution in [2.75, 3.05) is 26.8 Å². The maximum Gasteiger partial charge on any atom is 0.240 e. The van der Waals surface area contributed by atoms with E-state index < -0.39 is 0 Å². The van der Waals surface area contributed by atoms with E-state index in [0.29, 0.717) is 30.8 Å². The fourth-order valence-corrected chi connectivity index (χ4v) is 1.61. The Kier molecular flexibility index (Phi) is 8.91. The maximum absolute atomic E-state index is 5.43. The summed E-state index contributed by atoms with van der Waals surface area (Å²) in [4.78, 5) is 6.45. The molecule has 2 N–H and O–H groups in total. The lowest BCUT2D eigenvalue weighted by atomic mass is 10.2. The molecule has 0 aliphatic rings. The molecule has 0 radical (unpaired) electrons. The van der Waals surface area contributed by atoms with Crippen molar-refractivity contribution in [2.45, 2.75) is 26.9 Å². The Hall–Kier alpha value is -0.690. The van der Waals surface area contributed by atoms with Crippen molar-refractivity contribution in [1.82, 2.24) is 15.0 Å². The first-order chi connectivity index (χ1) is 8.15. The monoisotopic (exact) mass is 278 g/mol. The van der Waals surface area contributed by atoms with Gasteiger partial charge in [-0.15, -0.1) is 12.4 Å². The predicted octanol–water partition coefficient (Wildman–Crippen LogP) is 1.05. The van der Waals surface area contributed by atoms with Gasteiger partial charge in [-0.25, -0.2) is 0 Å². The quantitative estimate of drug-likeness (QED) is 0.766. The Labute approximate surface area is 114 Å². The van der Waals surface area contributed by atoms with Gasteiger partial charge in [-0.3, -0.25) is 4.90 Å². The molecule has 0 unspecified atom stereocenters. The van der Waals surface area contributed by atoms with E-state index in [1.54, 1.807) is 7.11 Å². The smallest absolute Gasteiger partial charge is 0.240 e. The molecule has 7 heteroatoms. The molecule has 0 fully saturated rings. The highest BCUT2D eigenvalue weighted by Gasteiger charge is 2.12. The average Bonchev–Trinajstić information content (AvgIpc) is 2.73. The minimum absolute atomic E-state index is 0. The van der Waals surface area contributed by atoms with Crippen LogP contribution in [-0.2, 0) is 17.8 Å². The largest absolute Gasteiger partial charge is 0.383 e. The van der Waals surface area contributed by atoms with E-state index in [0.717, 1.165) is 13.1 Å². The molecule has 0 bridgehead atoms. The zero-order chi connectivity index (χ0) is 12.7. The maximum atomic E-state index is 5.43. The van der Waals surface area contributed by atoms with Crippen molar-refractivity contribution in [2.24, 2.45) is 11.7 Å². The number of ether oxygens (including phenoxy) is 1. The Morgan fingerprint density at radius 1 is 1.44 bits per heavy atom. The second-order valence-corrected chi connectivity index (χ2v) is 4.43. The summed E-state index contributed by atoms with van der Waals surface area (Å²) in [6, 6.07) is 0. The summed E-state index contributed by atoms with van der Waals surface area (Å²) in [5, 5.41) is 3.89. The van der Waals surface area contributed by atoms with E-state index >= 15 is 0 Å². The first-order valence-electron chi connectivity index (χ1n) is 5.88. The normalized spacial score (nSPS) is 11.0. The highest BCUT2D eigenvalue weighted by Crippen LogP contribution is 2.05. The van der Waals surface area contributed by atoms with E-state index in [4.69, 9.17) is 15.0 Å². The van der Waals surface area contributed by atoms with Gasteiger partial charge in [-0.2, -0.15) is 4.98 Å². The van der Waals surface area contributed by atoms with Crippen molar-refractivity contribution in [3.05, 3.63) is 11.7 Å². The number of aromatic nitrogens is 2. The zero-order valence-electron chi connectivity index (χ0n) is 11.3. The number of hydrogen-bond donors (Lipinski definition) is 1. The Morgan fingerprint density at radius 3 is 2.67 bits per heavy atom. The Balaban J connectivity index is 0.00000289. The minimum Gasteiger partial charge on any atom is -0.383 e. The topological polar surface area (TPSA) is 77.4 Å². The summed E-state index contributed by atoms with van der Waals surface area (Å²) in [6.07, 6.45) is 0. The molecule has 0 spiro atoms. The van der Waals surface area contributed by atoms with Gasteiger partial charge in [-0.05, 0) is 5.92 Å². The van der Waals surface area contributed by atoms with Crippen LogP contribution in [0.15, 0.2) is 4.52 Å². The van der Waals surface area contributed by atoms with Crippen LogP contribution in [0, 0.1) is 5.92 Å². The molecule has 1 rings (SSSR count). The second kappa shape index (κ2) is 9.27. The van der Waals surface area contributed by atoms with Crippen LogP contribution in [0.5, 0.6) is 0 Å². The molecule has 0 saturated carbocycles. The van der Waals surface area contributed by atoms with Crippen LogP contribution in [0.3, 0.4) is 0 Å². The first-order valence-corrected chi connectivity index (χ1v) is 5.88. The number of nitrogens with two attached hydrogens (primary N) is 1. The van der Waals surface area contributed by atoms with Crippen LogP contribution in [0.1, 0.15) is 25.6 Å². The van der Waals surface area contributed by atoms with Crippen LogP contribution >= 0.6 is 12.4 Å². The van der Waals surface area contributed by atoms with E-state index in [-0.39, 0.29) is 19.0 Å². The van der Waals surface area contributed by atoms with Crippen LogP contribution < -0.4 is 5.73 Å². The van der Waals surface area contributed by atoms with Crippen molar-refractivity contribution < 1.29 is 9.26 Å². The predicted molar refractivity (Wildman–Crippen MR) is 71.4 cm³/mol. The lowest BCUT2D eigenvalue weighted by Gasteiger charge is -2.22. The summed E-state index contributed by atoms with van der Waals surface area (Å²) in [5.41, 5.74) is 5.43. The lowest BCUT2D eigenvalue weighted by molar-refractivity contribution is 0.133. The van der Waals surface area contributed by atoms with Crippen molar-refractivity contribution in [3.8, 4) is 0 Å². The van der Waals surface area contributed by atoms with E-state index in [2.05, 4.69) is 28.9 Å². The van der Waals surface area contributed by atoms with E-state index in [1.165, 1.54) is 0 Å². The van der Waals surface area contributed by atoms with E-state index in [9.17, 15) is 0 Å². The number of halogens is 1. The molecule has 0 atom stereocenters. The summed E-state index contributed by atoms with van der Waals surface area (Å²) in [5.74, 6) is 1.76. The molecule has 0 amide bonds. The van der Waals surface area contributed by atoms with Crippen LogP contribution in [0.2, 0.25) is 0 Å². The fraction of sp³-hybridized carbons (Fsp3) is 0.818. The van der Waals surface area contributed by atoms with E-state index in [1.807, 2.05) is 0 Å². The van der Waals surface area contributed by atoms with Crippen molar-refractivity contribution >= 4 is 12.4 Å². The third-order valence-corrected chi connectivity index (χ3v) is 2.28. The van der Waals surface area contributed by atoms with Gasteiger partial charge in [0.15, 0.2) is 5.82 Å². The molecule has 18 heavy (non-hydrogen) atoms. The highest BCUT2D eigenvalue weighted by atomic mass is 35.5. The molecule has 1 aromatic heterocycles. The first kappa shape index (κ1) is 17.3. The van der Waals surface area contributed by atoms with Gasteiger partial charge in [0, 0.05) is 20.2 Å². The van der Waals surface area contributed by atoms with Crippen LogP contribution in [-0.4, -0.2) is 41.8 Å². The molecular weight excluding hydrogens is 256 g/mol. The van der Waals surface area contributed by atoms with Gasteiger partial charge in [0.25, 0.3) is 0 Å².